The molecule has 1 atom stereocenters. The first-order chi connectivity index (χ1) is 13.5. The molecule has 0 aliphatic rings. The molecule has 3 N–H and O–H groups in total. The second-order valence-electron chi connectivity index (χ2n) is 6.47. The Kier molecular flexibility index (Phi) is 4.79. The van der Waals surface area contributed by atoms with E-state index < -0.39 is 6.03 Å². The molecule has 6 nitrogen and oxygen atoms in total. The Morgan fingerprint density at radius 2 is 2.00 bits per heavy atom. The Morgan fingerprint density at radius 3 is 2.71 bits per heavy atom. The Hall–Kier alpha value is -3.26. The van der Waals surface area contributed by atoms with E-state index in [9.17, 15) is 9.18 Å². The van der Waals surface area contributed by atoms with Crippen molar-refractivity contribution in [1.82, 2.24) is 20.5 Å². The standard InChI is InChI=1S/C20H18FN5OS/c1-11-3-8-17(28-11)19-15-10-22-18(9-16(15)25-26-19)24-20(27)23-12(2)13-4-6-14(21)7-5-13/h3-10,12H,1-2H3,(H,25,26)(H2,22,23,24,27)/t12-/m1/s1. The topological polar surface area (TPSA) is 82.7 Å². The van der Waals surface area contributed by atoms with Crippen molar-refractivity contribution < 1.29 is 9.18 Å². The second kappa shape index (κ2) is 7.40. The number of carbonyl (C=O) groups excluding carboxylic acids is 1. The van der Waals surface area contributed by atoms with E-state index in [2.05, 4.69) is 38.8 Å². The number of thiophene rings is 1. The highest BCUT2D eigenvalue weighted by molar-refractivity contribution is 7.15. The van der Waals surface area contributed by atoms with Gasteiger partial charge in [-0.05, 0) is 43.7 Å². The van der Waals surface area contributed by atoms with Gasteiger partial charge in [0.15, 0.2) is 0 Å². The minimum absolute atomic E-state index is 0.273. The van der Waals surface area contributed by atoms with Crippen LogP contribution in [0.1, 0.15) is 23.4 Å². The van der Waals surface area contributed by atoms with Crippen molar-refractivity contribution in [3.05, 3.63) is 64.9 Å². The van der Waals surface area contributed by atoms with Crippen LogP contribution in [0.5, 0.6) is 0 Å². The number of H-pyrrole nitrogens is 1. The molecule has 142 valence electrons. The molecule has 0 aliphatic carbocycles. The van der Waals surface area contributed by atoms with E-state index in [0.29, 0.717) is 5.82 Å². The number of halogens is 1. The van der Waals surface area contributed by atoms with Crippen molar-refractivity contribution in [3.63, 3.8) is 0 Å². The van der Waals surface area contributed by atoms with Crippen LogP contribution in [-0.4, -0.2) is 21.2 Å². The number of nitrogens with zero attached hydrogens (tertiary/aromatic N) is 2. The second-order valence-corrected chi connectivity index (χ2v) is 7.76. The average molecular weight is 395 g/mol. The number of nitrogens with one attached hydrogen (secondary N) is 3. The van der Waals surface area contributed by atoms with Crippen molar-refractivity contribution in [1.29, 1.82) is 0 Å². The largest absolute Gasteiger partial charge is 0.331 e. The first-order valence-electron chi connectivity index (χ1n) is 8.73. The molecule has 0 bridgehead atoms. The van der Waals surface area contributed by atoms with E-state index in [1.165, 1.54) is 17.0 Å². The summed E-state index contributed by atoms with van der Waals surface area (Å²) < 4.78 is 13.0. The van der Waals surface area contributed by atoms with E-state index in [4.69, 9.17) is 0 Å². The molecule has 4 aromatic rings. The fourth-order valence-electron chi connectivity index (χ4n) is 2.91. The maximum atomic E-state index is 13.0. The summed E-state index contributed by atoms with van der Waals surface area (Å²) in [6.45, 7) is 3.88. The van der Waals surface area contributed by atoms with Crippen LogP contribution >= 0.6 is 11.3 Å². The molecule has 2 amide bonds. The summed E-state index contributed by atoms with van der Waals surface area (Å²) in [6.07, 6.45) is 1.70. The molecule has 0 spiro atoms. The van der Waals surface area contributed by atoms with Crippen molar-refractivity contribution in [3.8, 4) is 10.6 Å². The number of anilines is 1. The number of amides is 2. The van der Waals surface area contributed by atoms with E-state index >= 15 is 0 Å². The van der Waals surface area contributed by atoms with Gasteiger partial charge in [-0.1, -0.05) is 12.1 Å². The SMILES string of the molecule is Cc1ccc(-c2n[nH]c3cc(NC(=O)N[C@H](C)c4ccc(F)cc4)ncc23)s1. The molecule has 28 heavy (non-hydrogen) atoms. The third-order valence-corrected chi connectivity index (χ3v) is 5.39. The Morgan fingerprint density at radius 1 is 1.21 bits per heavy atom. The van der Waals surface area contributed by atoms with Gasteiger partial charge in [-0.2, -0.15) is 5.10 Å². The molecular weight excluding hydrogens is 377 g/mol. The predicted octanol–water partition coefficient (Wildman–Crippen LogP) is 5.02. The normalized spacial score (nSPS) is 12.1. The summed E-state index contributed by atoms with van der Waals surface area (Å²) in [7, 11) is 0. The third-order valence-electron chi connectivity index (χ3n) is 4.38. The van der Waals surface area contributed by atoms with Crippen LogP contribution in [0.15, 0.2) is 48.7 Å². The quantitative estimate of drug-likeness (QED) is 0.454. The van der Waals surface area contributed by atoms with Gasteiger partial charge in [0.1, 0.15) is 17.3 Å². The fourth-order valence-corrected chi connectivity index (χ4v) is 3.79. The molecule has 0 radical (unpaired) electrons. The molecular formula is C20H18FN5OS. The molecule has 0 unspecified atom stereocenters. The first-order valence-corrected chi connectivity index (χ1v) is 9.55. The van der Waals surface area contributed by atoms with Gasteiger partial charge in [-0.25, -0.2) is 14.2 Å². The molecule has 1 aromatic carbocycles. The molecule has 4 rings (SSSR count). The summed E-state index contributed by atoms with van der Waals surface area (Å²) in [5, 5.41) is 13.8. The van der Waals surface area contributed by atoms with Crippen LogP contribution < -0.4 is 10.6 Å². The highest BCUT2D eigenvalue weighted by Gasteiger charge is 2.13. The van der Waals surface area contributed by atoms with Crippen molar-refractivity contribution in [2.24, 2.45) is 0 Å². The number of fused-ring (bicyclic) bond motifs is 1. The molecule has 3 heterocycles. The van der Waals surface area contributed by atoms with Crippen molar-refractivity contribution >= 4 is 34.1 Å². The number of carbonyl (C=O) groups is 1. The molecule has 0 saturated heterocycles. The first kappa shape index (κ1) is 18.1. The molecule has 3 aromatic heterocycles. The lowest BCUT2D eigenvalue weighted by Gasteiger charge is -2.14. The summed E-state index contributed by atoms with van der Waals surface area (Å²) >= 11 is 1.67. The molecule has 0 saturated carbocycles. The van der Waals surface area contributed by atoms with Crippen molar-refractivity contribution in [2.45, 2.75) is 19.9 Å². The van der Waals surface area contributed by atoms with Gasteiger partial charge >= 0.3 is 6.03 Å². The minimum atomic E-state index is -0.391. The predicted molar refractivity (Wildman–Crippen MR) is 109 cm³/mol. The van der Waals surface area contributed by atoms with Crippen LogP contribution in [-0.2, 0) is 0 Å². The van der Waals surface area contributed by atoms with Gasteiger partial charge < -0.3 is 5.32 Å². The van der Waals surface area contributed by atoms with Crippen LogP contribution in [0.3, 0.4) is 0 Å². The highest BCUT2D eigenvalue weighted by atomic mass is 32.1. The summed E-state index contributed by atoms with van der Waals surface area (Å²) in [4.78, 5) is 18.9. The lowest BCUT2D eigenvalue weighted by molar-refractivity contribution is 0.249. The number of benzene rings is 1. The van der Waals surface area contributed by atoms with Crippen molar-refractivity contribution in [2.75, 3.05) is 5.32 Å². The number of aromatic amines is 1. The zero-order valence-electron chi connectivity index (χ0n) is 15.3. The van der Waals surface area contributed by atoms with E-state index in [-0.39, 0.29) is 11.9 Å². The number of aryl methyl sites for hydroxylation is 1. The molecule has 8 heteroatoms. The Balaban J connectivity index is 1.47. The maximum absolute atomic E-state index is 13.0. The van der Waals surface area contributed by atoms with Crippen LogP contribution in [0.4, 0.5) is 15.0 Å². The van der Waals surface area contributed by atoms with Gasteiger partial charge in [-0.3, -0.25) is 10.4 Å². The number of urea groups is 1. The molecule has 0 fully saturated rings. The summed E-state index contributed by atoms with van der Waals surface area (Å²) in [5.41, 5.74) is 2.45. The maximum Gasteiger partial charge on any atom is 0.320 e. The monoisotopic (exact) mass is 395 g/mol. The number of pyridine rings is 1. The van der Waals surface area contributed by atoms with Gasteiger partial charge in [-0.15, -0.1) is 11.3 Å². The van der Waals surface area contributed by atoms with E-state index in [1.54, 1.807) is 35.7 Å². The zero-order valence-corrected chi connectivity index (χ0v) is 16.1. The van der Waals surface area contributed by atoms with Crippen LogP contribution in [0.2, 0.25) is 0 Å². The number of hydrogen-bond acceptors (Lipinski definition) is 4. The minimum Gasteiger partial charge on any atom is -0.331 e. The van der Waals surface area contributed by atoms with Gasteiger partial charge in [0, 0.05) is 22.5 Å². The zero-order chi connectivity index (χ0) is 19.7. The number of aromatic nitrogens is 3. The smallest absolute Gasteiger partial charge is 0.320 e. The van der Waals surface area contributed by atoms with Gasteiger partial charge in [0.2, 0.25) is 0 Å². The van der Waals surface area contributed by atoms with Gasteiger partial charge in [0.05, 0.1) is 16.4 Å². The molecule has 0 aliphatic heterocycles. The Bertz CT molecular complexity index is 1140. The lowest BCUT2D eigenvalue weighted by atomic mass is 10.1. The third kappa shape index (κ3) is 3.72. The highest BCUT2D eigenvalue weighted by Crippen LogP contribution is 2.31. The number of hydrogen-bond donors (Lipinski definition) is 3. The number of rotatable bonds is 4. The lowest BCUT2D eigenvalue weighted by Crippen LogP contribution is -2.31. The average Bonchev–Trinajstić information content (AvgIpc) is 3.27. The summed E-state index contributed by atoms with van der Waals surface area (Å²) in [6, 6.07) is 11.2. The summed E-state index contributed by atoms with van der Waals surface area (Å²) in [5.74, 6) is 0.100. The fraction of sp³-hybridized carbons (Fsp3) is 0.150. The van der Waals surface area contributed by atoms with Crippen LogP contribution in [0, 0.1) is 12.7 Å². The Labute approximate surface area is 164 Å². The van der Waals surface area contributed by atoms with E-state index in [1.807, 2.05) is 13.0 Å². The van der Waals surface area contributed by atoms with Gasteiger partial charge in [0.25, 0.3) is 0 Å². The van der Waals surface area contributed by atoms with E-state index in [0.717, 1.165) is 27.0 Å². The van der Waals surface area contributed by atoms with Crippen LogP contribution in [0.25, 0.3) is 21.5 Å².